The van der Waals surface area contributed by atoms with Crippen LogP contribution in [0.1, 0.15) is 56.2 Å². The summed E-state index contributed by atoms with van der Waals surface area (Å²) in [5, 5.41) is 5.40. The first kappa shape index (κ1) is 18.7. The summed E-state index contributed by atoms with van der Waals surface area (Å²) >= 11 is 0. The first-order chi connectivity index (χ1) is 11.8. The van der Waals surface area contributed by atoms with Gasteiger partial charge in [0.05, 0.1) is 0 Å². The topological polar surface area (TPSA) is 58.2 Å². The van der Waals surface area contributed by atoms with Gasteiger partial charge < -0.3 is 10.6 Å². The molecular formula is C21H26N2O2. The van der Waals surface area contributed by atoms with Gasteiger partial charge in [-0.3, -0.25) is 9.59 Å². The zero-order chi connectivity index (χ0) is 18.6. The molecule has 0 heterocycles. The maximum absolute atomic E-state index is 12.3. The Morgan fingerprint density at radius 2 is 1.40 bits per heavy atom. The largest absolute Gasteiger partial charge is 0.318 e. The van der Waals surface area contributed by atoms with E-state index in [1.54, 1.807) is 0 Å². The number of carbonyl (C=O) groups is 2. The van der Waals surface area contributed by atoms with Crippen LogP contribution in [0.5, 0.6) is 0 Å². The SMILES string of the molecule is Cc1cccc(C(C)C)c1NC(=O)C(=O)Nc1ccc(C(C)C)cc1. The van der Waals surface area contributed by atoms with Crippen molar-refractivity contribution in [2.45, 2.75) is 46.5 Å². The van der Waals surface area contributed by atoms with Crippen molar-refractivity contribution in [3.63, 3.8) is 0 Å². The van der Waals surface area contributed by atoms with Gasteiger partial charge in [-0.15, -0.1) is 0 Å². The number of nitrogens with one attached hydrogen (secondary N) is 2. The normalized spacial score (nSPS) is 10.8. The first-order valence-corrected chi connectivity index (χ1v) is 8.61. The Morgan fingerprint density at radius 1 is 0.800 bits per heavy atom. The quantitative estimate of drug-likeness (QED) is 0.785. The average Bonchev–Trinajstić information content (AvgIpc) is 2.56. The van der Waals surface area contributed by atoms with Gasteiger partial charge >= 0.3 is 11.8 Å². The number of para-hydroxylation sites is 1. The molecule has 0 saturated carbocycles. The van der Waals surface area contributed by atoms with E-state index < -0.39 is 11.8 Å². The van der Waals surface area contributed by atoms with Crippen LogP contribution in [0, 0.1) is 6.92 Å². The molecule has 0 aromatic heterocycles. The zero-order valence-corrected chi connectivity index (χ0v) is 15.5. The van der Waals surface area contributed by atoms with Gasteiger partial charge in [-0.2, -0.15) is 0 Å². The van der Waals surface area contributed by atoms with Crippen LogP contribution in [0.25, 0.3) is 0 Å². The standard InChI is InChI=1S/C21H26N2O2/c1-13(2)16-9-11-17(12-10-16)22-20(24)21(25)23-19-15(5)7-6-8-18(19)14(3)4/h6-14H,1-5H3,(H,22,24)(H,23,25). The van der Waals surface area contributed by atoms with E-state index in [0.717, 1.165) is 11.1 Å². The Morgan fingerprint density at radius 3 is 1.96 bits per heavy atom. The molecule has 132 valence electrons. The van der Waals surface area contributed by atoms with Crippen LogP contribution >= 0.6 is 0 Å². The molecular weight excluding hydrogens is 312 g/mol. The molecule has 2 amide bonds. The molecule has 0 saturated heterocycles. The van der Waals surface area contributed by atoms with Gasteiger partial charge in [0.15, 0.2) is 0 Å². The Labute approximate surface area is 149 Å². The van der Waals surface area contributed by atoms with Crippen LogP contribution < -0.4 is 10.6 Å². The fraction of sp³-hybridized carbons (Fsp3) is 0.333. The summed E-state index contributed by atoms with van der Waals surface area (Å²) in [5.41, 5.74) is 4.46. The fourth-order valence-electron chi connectivity index (χ4n) is 2.65. The molecule has 0 aliphatic rings. The molecule has 0 bridgehead atoms. The molecule has 2 rings (SSSR count). The van der Waals surface area contributed by atoms with Gasteiger partial charge in [0, 0.05) is 11.4 Å². The summed E-state index contributed by atoms with van der Waals surface area (Å²) in [6, 6.07) is 13.4. The lowest BCUT2D eigenvalue weighted by atomic mass is 9.98. The fourth-order valence-corrected chi connectivity index (χ4v) is 2.65. The zero-order valence-electron chi connectivity index (χ0n) is 15.5. The minimum atomic E-state index is -0.671. The smallest absolute Gasteiger partial charge is 0.314 e. The van der Waals surface area contributed by atoms with Crippen LogP contribution in [0.4, 0.5) is 11.4 Å². The average molecular weight is 338 g/mol. The monoisotopic (exact) mass is 338 g/mol. The van der Waals surface area contributed by atoms with Crippen molar-refractivity contribution >= 4 is 23.2 Å². The predicted molar refractivity (Wildman–Crippen MR) is 103 cm³/mol. The Balaban J connectivity index is 2.10. The van der Waals surface area contributed by atoms with E-state index in [-0.39, 0.29) is 5.92 Å². The third-order valence-corrected chi connectivity index (χ3v) is 4.21. The number of hydrogen-bond acceptors (Lipinski definition) is 2. The minimum Gasteiger partial charge on any atom is -0.318 e. The third kappa shape index (κ3) is 4.69. The lowest BCUT2D eigenvalue weighted by molar-refractivity contribution is -0.133. The van der Waals surface area contributed by atoms with Crippen LogP contribution in [0.3, 0.4) is 0 Å². The first-order valence-electron chi connectivity index (χ1n) is 8.61. The van der Waals surface area contributed by atoms with Crippen LogP contribution in [-0.2, 0) is 9.59 Å². The molecule has 0 spiro atoms. The lowest BCUT2D eigenvalue weighted by Crippen LogP contribution is -2.29. The van der Waals surface area contributed by atoms with Crippen molar-refractivity contribution in [3.8, 4) is 0 Å². The molecule has 2 aromatic carbocycles. The summed E-state index contributed by atoms with van der Waals surface area (Å²) in [5.74, 6) is -0.662. The van der Waals surface area contributed by atoms with E-state index >= 15 is 0 Å². The molecule has 4 heteroatoms. The second kappa shape index (κ2) is 7.97. The summed E-state index contributed by atoms with van der Waals surface area (Å²) in [6.07, 6.45) is 0. The van der Waals surface area contributed by atoms with E-state index in [9.17, 15) is 9.59 Å². The molecule has 0 aliphatic carbocycles. The highest BCUT2D eigenvalue weighted by atomic mass is 16.2. The molecule has 0 radical (unpaired) electrons. The number of anilines is 2. The third-order valence-electron chi connectivity index (χ3n) is 4.21. The Bertz CT molecular complexity index is 762. The van der Waals surface area contributed by atoms with Crippen molar-refractivity contribution < 1.29 is 9.59 Å². The Kier molecular flexibility index (Phi) is 5.97. The molecule has 2 N–H and O–H groups in total. The molecule has 0 aliphatic heterocycles. The summed E-state index contributed by atoms with van der Waals surface area (Å²) in [7, 11) is 0. The number of carbonyl (C=O) groups excluding carboxylic acids is 2. The maximum atomic E-state index is 12.3. The van der Waals surface area contributed by atoms with E-state index in [4.69, 9.17) is 0 Å². The van der Waals surface area contributed by atoms with Crippen molar-refractivity contribution in [1.29, 1.82) is 0 Å². The van der Waals surface area contributed by atoms with Crippen molar-refractivity contribution in [2.75, 3.05) is 10.6 Å². The maximum Gasteiger partial charge on any atom is 0.314 e. The summed E-state index contributed by atoms with van der Waals surface area (Å²) in [6.45, 7) is 10.2. The van der Waals surface area contributed by atoms with E-state index in [1.807, 2.05) is 49.4 Å². The van der Waals surface area contributed by atoms with Gasteiger partial charge in [0.25, 0.3) is 0 Å². The molecule has 2 aromatic rings. The minimum absolute atomic E-state index is 0.252. The van der Waals surface area contributed by atoms with Crippen molar-refractivity contribution in [1.82, 2.24) is 0 Å². The Hall–Kier alpha value is -2.62. The van der Waals surface area contributed by atoms with Crippen LogP contribution in [-0.4, -0.2) is 11.8 Å². The van der Waals surface area contributed by atoms with Crippen LogP contribution in [0.15, 0.2) is 42.5 Å². The van der Waals surface area contributed by atoms with E-state index in [1.165, 1.54) is 5.56 Å². The van der Waals surface area contributed by atoms with Crippen LogP contribution in [0.2, 0.25) is 0 Å². The van der Waals surface area contributed by atoms with E-state index in [2.05, 4.69) is 38.3 Å². The van der Waals surface area contributed by atoms with Gasteiger partial charge in [-0.1, -0.05) is 58.0 Å². The second-order valence-corrected chi connectivity index (χ2v) is 6.88. The second-order valence-electron chi connectivity index (χ2n) is 6.88. The van der Waals surface area contributed by atoms with Crippen molar-refractivity contribution in [3.05, 3.63) is 59.2 Å². The summed E-state index contributed by atoms with van der Waals surface area (Å²) in [4.78, 5) is 24.5. The predicted octanol–water partition coefficient (Wildman–Crippen LogP) is 4.82. The number of benzene rings is 2. The van der Waals surface area contributed by atoms with Gasteiger partial charge in [-0.25, -0.2) is 0 Å². The molecule has 25 heavy (non-hydrogen) atoms. The van der Waals surface area contributed by atoms with Gasteiger partial charge in [-0.05, 0) is 47.6 Å². The number of hydrogen-bond donors (Lipinski definition) is 2. The summed E-state index contributed by atoms with van der Waals surface area (Å²) < 4.78 is 0. The molecule has 0 atom stereocenters. The van der Waals surface area contributed by atoms with Gasteiger partial charge in [0.1, 0.15) is 0 Å². The number of aryl methyl sites for hydroxylation is 1. The lowest BCUT2D eigenvalue weighted by Gasteiger charge is -2.16. The highest BCUT2D eigenvalue weighted by Crippen LogP contribution is 2.27. The highest BCUT2D eigenvalue weighted by Gasteiger charge is 2.18. The van der Waals surface area contributed by atoms with Crippen molar-refractivity contribution in [2.24, 2.45) is 0 Å². The molecule has 0 fully saturated rings. The highest BCUT2D eigenvalue weighted by molar-refractivity contribution is 6.43. The number of rotatable bonds is 4. The number of amides is 2. The van der Waals surface area contributed by atoms with Gasteiger partial charge in [0.2, 0.25) is 0 Å². The van der Waals surface area contributed by atoms with E-state index in [0.29, 0.717) is 17.3 Å². The molecule has 0 unspecified atom stereocenters. The molecule has 4 nitrogen and oxygen atoms in total.